The fourth-order valence-electron chi connectivity index (χ4n) is 7.69. The summed E-state index contributed by atoms with van der Waals surface area (Å²) in [4.78, 5) is 27.3. The average molecular weight is 752 g/mol. The quantitative estimate of drug-likeness (QED) is 0.0494. The molecule has 0 aromatic rings. The highest BCUT2D eigenvalue weighted by Gasteiger charge is 2.15. The largest absolute Gasteiger partial charge is 0.465 e. The summed E-state index contributed by atoms with van der Waals surface area (Å²) in [6.07, 6.45) is 38.4. The van der Waals surface area contributed by atoms with Crippen LogP contribution >= 0.6 is 0 Å². The Bertz CT molecular complexity index is 720. The van der Waals surface area contributed by atoms with Gasteiger partial charge in [-0.15, -0.1) is 0 Å². The second-order valence-corrected chi connectivity index (χ2v) is 16.6. The molecule has 0 fully saturated rings. The van der Waals surface area contributed by atoms with Crippen molar-refractivity contribution >= 4 is 11.9 Å². The van der Waals surface area contributed by atoms with E-state index >= 15 is 0 Å². The summed E-state index contributed by atoms with van der Waals surface area (Å²) in [5.41, 5.74) is 0. The summed E-state index contributed by atoms with van der Waals surface area (Å²) in [6, 6.07) is 0.590. The van der Waals surface area contributed by atoms with Gasteiger partial charge < -0.3 is 19.5 Å². The molecule has 0 aliphatic rings. The fraction of sp³-hybridized carbons (Fsp3) is 0.957. The molecule has 0 rings (SSSR count). The summed E-state index contributed by atoms with van der Waals surface area (Å²) in [7, 11) is 2.23. The third-order valence-corrected chi connectivity index (χ3v) is 11.5. The minimum atomic E-state index is 0.00313. The number of carbonyl (C=O) groups is 2. The summed E-state index contributed by atoms with van der Waals surface area (Å²) in [5, 5.41) is 9.38. The Hall–Kier alpha value is -1.14. The Kier molecular flexibility index (Phi) is 39.6. The van der Waals surface area contributed by atoms with Crippen molar-refractivity contribution in [2.75, 3.05) is 33.4 Å². The van der Waals surface area contributed by atoms with E-state index in [1.165, 1.54) is 167 Å². The molecule has 0 saturated carbocycles. The third-order valence-electron chi connectivity index (χ3n) is 11.5. The van der Waals surface area contributed by atoms with Gasteiger partial charge in [-0.1, -0.05) is 169 Å². The molecular weight excluding hydrogens is 659 g/mol. The van der Waals surface area contributed by atoms with Gasteiger partial charge in [0.25, 0.3) is 0 Å². The van der Waals surface area contributed by atoms with Crippen LogP contribution in [0.5, 0.6) is 0 Å². The van der Waals surface area contributed by atoms with Gasteiger partial charge in [-0.05, 0) is 76.7 Å². The second kappa shape index (κ2) is 40.5. The molecule has 0 radical (unpaired) electrons. The molecule has 0 aliphatic carbocycles. The minimum absolute atomic E-state index is 0.00313. The van der Waals surface area contributed by atoms with E-state index in [0.717, 1.165) is 38.6 Å². The smallest absolute Gasteiger partial charge is 0.305 e. The first-order valence-corrected chi connectivity index (χ1v) is 23.5. The zero-order valence-corrected chi connectivity index (χ0v) is 36.4. The van der Waals surface area contributed by atoms with Gasteiger partial charge in [0.1, 0.15) is 0 Å². The number of hydrogen-bond donors (Lipinski definition) is 1. The molecule has 0 amide bonds. The first-order valence-electron chi connectivity index (χ1n) is 23.5. The monoisotopic (exact) mass is 752 g/mol. The van der Waals surface area contributed by atoms with Crippen molar-refractivity contribution < 1.29 is 24.2 Å². The van der Waals surface area contributed by atoms with Gasteiger partial charge in [0, 0.05) is 32.0 Å². The van der Waals surface area contributed by atoms with E-state index in [4.69, 9.17) is 9.47 Å². The van der Waals surface area contributed by atoms with Crippen molar-refractivity contribution in [3.05, 3.63) is 0 Å². The molecule has 0 saturated heterocycles. The highest BCUT2D eigenvalue weighted by atomic mass is 16.5. The number of aliphatic hydroxyl groups is 1. The van der Waals surface area contributed by atoms with Crippen LogP contribution < -0.4 is 0 Å². The molecule has 0 aromatic heterocycles. The Morgan fingerprint density at radius 1 is 0.453 bits per heavy atom. The molecular formula is C47H93NO5. The molecule has 0 bridgehead atoms. The van der Waals surface area contributed by atoms with Crippen molar-refractivity contribution in [1.82, 2.24) is 4.90 Å². The predicted molar refractivity (Wildman–Crippen MR) is 227 cm³/mol. The van der Waals surface area contributed by atoms with Crippen molar-refractivity contribution in [3.8, 4) is 0 Å². The van der Waals surface area contributed by atoms with E-state index in [2.05, 4.69) is 39.6 Å². The van der Waals surface area contributed by atoms with Crippen LogP contribution in [0.25, 0.3) is 0 Å². The van der Waals surface area contributed by atoms with Gasteiger partial charge in [-0.25, -0.2) is 0 Å². The minimum Gasteiger partial charge on any atom is -0.465 e. The molecule has 316 valence electrons. The van der Waals surface area contributed by atoms with E-state index in [0.29, 0.717) is 43.9 Å². The van der Waals surface area contributed by atoms with Gasteiger partial charge >= 0.3 is 11.9 Å². The van der Waals surface area contributed by atoms with Crippen LogP contribution in [0.1, 0.15) is 240 Å². The van der Waals surface area contributed by atoms with Gasteiger partial charge in [0.05, 0.1) is 13.2 Å². The van der Waals surface area contributed by atoms with Crippen LogP contribution in [-0.4, -0.2) is 61.4 Å². The molecule has 0 aromatic carbocycles. The second-order valence-electron chi connectivity index (χ2n) is 16.6. The van der Waals surface area contributed by atoms with Crippen LogP contribution in [0, 0.1) is 11.8 Å². The standard InChI is InChI=1S/C47H93NO5/c1-6-10-14-24-33-43(31-12-8-3)41-52-46(50)37-28-22-18-16-20-26-35-45(48(5)39-30-40-49)36-27-21-17-19-23-29-38-47(51)53-42-44(32-13-9-4)34-25-15-11-7-2/h43-45,49H,6-42H2,1-5H3. The lowest BCUT2D eigenvalue weighted by molar-refractivity contribution is -0.146. The lowest BCUT2D eigenvalue weighted by Crippen LogP contribution is -2.33. The zero-order chi connectivity index (χ0) is 39.0. The van der Waals surface area contributed by atoms with Crippen LogP contribution in [0.3, 0.4) is 0 Å². The SMILES string of the molecule is CCCCCCC(CCCC)COC(=O)CCCCCCCCC(CCCCCCCCC(=O)OCC(CCCC)CCCCCC)N(C)CCCO. The van der Waals surface area contributed by atoms with Gasteiger partial charge in [0.2, 0.25) is 0 Å². The first-order chi connectivity index (χ1) is 25.9. The lowest BCUT2D eigenvalue weighted by Gasteiger charge is -2.28. The number of hydrogen-bond acceptors (Lipinski definition) is 6. The highest BCUT2D eigenvalue weighted by molar-refractivity contribution is 5.69. The van der Waals surface area contributed by atoms with Gasteiger partial charge in [0.15, 0.2) is 0 Å². The maximum absolute atomic E-state index is 12.4. The van der Waals surface area contributed by atoms with Crippen molar-refractivity contribution in [2.24, 2.45) is 11.8 Å². The normalized spacial score (nSPS) is 13.3. The molecule has 6 heteroatoms. The van der Waals surface area contributed by atoms with E-state index < -0.39 is 0 Å². The number of nitrogens with zero attached hydrogens (tertiary/aromatic N) is 1. The summed E-state index contributed by atoms with van der Waals surface area (Å²) in [6.45, 7) is 11.5. The molecule has 2 atom stereocenters. The Balaban J connectivity index is 4.13. The van der Waals surface area contributed by atoms with Crippen LogP contribution in [0.15, 0.2) is 0 Å². The van der Waals surface area contributed by atoms with Crippen LogP contribution in [-0.2, 0) is 19.1 Å². The lowest BCUT2D eigenvalue weighted by atomic mass is 9.96. The average Bonchev–Trinajstić information content (AvgIpc) is 3.16. The number of unbranched alkanes of at least 4 members (excludes halogenated alkanes) is 18. The van der Waals surface area contributed by atoms with E-state index in [1.807, 2.05) is 0 Å². The molecule has 2 unspecified atom stereocenters. The topological polar surface area (TPSA) is 76.1 Å². The highest BCUT2D eigenvalue weighted by Crippen LogP contribution is 2.21. The van der Waals surface area contributed by atoms with Crippen LogP contribution in [0.4, 0.5) is 0 Å². The molecule has 53 heavy (non-hydrogen) atoms. The van der Waals surface area contributed by atoms with E-state index in [1.54, 1.807) is 0 Å². The first kappa shape index (κ1) is 51.9. The van der Waals surface area contributed by atoms with Crippen molar-refractivity contribution in [2.45, 2.75) is 246 Å². The molecule has 0 spiro atoms. The van der Waals surface area contributed by atoms with Gasteiger partial charge in [-0.2, -0.15) is 0 Å². The Labute approximate surface area is 331 Å². The van der Waals surface area contributed by atoms with Crippen molar-refractivity contribution in [3.63, 3.8) is 0 Å². The number of ether oxygens (including phenoxy) is 2. The Morgan fingerprint density at radius 2 is 0.792 bits per heavy atom. The predicted octanol–water partition coefficient (Wildman–Crippen LogP) is 13.6. The van der Waals surface area contributed by atoms with Crippen molar-refractivity contribution in [1.29, 1.82) is 0 Å². The maximum atomic E-state index is 12.4. The molecule has 0 heterocycles. The zero-order valence-electron chi connectivity index (χ0n) is 36.4. The number of carbonyl (C=O) groups excluding carboxylic acids is 2. The molecule has 6 nitrogen and oxygen atoms in total. The maximum Gasteiger partial charge on any atom is 0.305 e. The third kappa shape index (κ3) is 35.0. The number of aliphatic hydroxyl groups excluding tert-OH is 1. The van der Waals surface area contributed by atoms with E-state index in [9.17, 15) is 14.7 Å². The molecule has 1 N–H and O–H groups in total. The van der Waals surface area contributed by atoms with Crippen LogP contribution in [0.2, 0.25) is 0 Å². The number of esters is 2. The molecule has 0 aliphatic heterocycles. The Morgan fingerprint density at radius 3 is 1.19 bits per heavy atom. The number of rotatable bonds is 42. The summed E-state index contributed by atoms with van der Waals surface area (Å²) < 4.78 is 11.4. The summed E-state index contributed by atoms with van der Waals surface area (Å²) >= 11 is 0. The fourth-order valence-corrected chi connectivity index (χ4v) is 7.69. The van der Waals surface area contributed by atoms with Gasteiger partial charge in [-0.3, -0.25) is 9.59 Å². The van der Waals surface area contributed by atoms with E-state index in [-0.39, 0.29) is 18.5 Å². The summed E-state index contributed by atoms with van der Waals surface area (Å²) in [5.74, 6) is 1.09.